The average molecular weight is 449 g/mol. The third-order valence-electron chi connectivity index (χ3n) is 6.08. The van der Waals surface area contributed by atoms with Gasteiger partial charge < -0.3 is 10.0 Å². The van der Waals surface area contributed by atoms with Crippen molar-refractivity contribution in [2.45, 2.75) is 32.9 Å². The first kappa shape index (κ1) is 22.9. The van der Waals surface area contributed by atoms with E-state index in [1.165, 1.54) is 12.1 Å². The maximum Gasteiger partial charge on any atom is 0.307 e. The molecule has 7 heteroatoms. The number of anilines is 1. The number of hydrogen-bond acceptors (Lipinski definition) is 5. The lowest BCUT2D eigenvalue weighted by atomic mass is 9.99. The second kappa shape index (κ2) is 10.1. The predicted molar refractivity (Wildman–Crippen MR) is 126 cm³/mol. The number of carboxylic acids is 1. The molecule has 33 heavy (non-hydrogen) atoms. The maximum absolute atomic E-state index is 13.6. The molecule has 0 spiro atoms. The van der Waals surface area contributed by atoms with Gasteiger partial charge in [-0.3, -0.25) is 9.69 Å². The van der Waals surface area contributed by atoms with Crippen molar-refractivity contribution in [1.82, 2.24) is 14.9 Å². The zero-order valence-electron chi connectivity index (χ0n) is 19.0. The highest BCUT2D eigenvalue weighted by molar-refractivity contribution is 5.70. The summed E-state index contributed by atoms with van der Waals surface area (Å²) in [5, 5.41) is 9.06. The first-order valence-electron chi connectivity index (χ1n) is 11.3. The van der Waals surface area contributed by atoms with E-state index in [2.05, 4.69) is 39.7 Å². The Labute approximate surface area is 193 Å². The number of halogens is 1. The predicted octanol–water partition coefficient (Wildman–Crippen LogP) is 4.26. The third kappa shape index (κ3) is 5.73. The molecule has 1 aliphatic rings. The Morgan fingerprint density at radius 2 is 1.79 bits per heavy atom. The lowest BCUT2D eigenvalue weighted by Gasteiger charge is -2.43. The summed E-state index contributed by atoms with van der Waals surface area (Å²) in [6, 6.07) is 14.5. The molecular formula is C26H29FN4O2. The number of aliphatic carboxylic acids is 1. The number of rotatable bonds is 7. The van der Waals surface area contributed by atoms with Gasteiger partial charge in [0.15, 0.2) is 0 Å². The molecule has 6 nitrogen and oxygen atoms in total. The van der Waals surface area contributed by atoms with E-state index in [9.17, 15) is 9.18 Å². The molecule has 1 aliphatic heterocycles. The van der Waals surface area contributed by atoms with Crippen LogP contribution in [0.25, 0.3) is 11.1 Å². The van der Waals surface area contributed by atoms with E-state index in [1.54, 1.807) is 18.5 Å². The van der Waals surface area contributed by atoms with Crippen molar-refractivity contribution in [2.24, 2.45) is 5.92 Å². The van der Waals surface area contributed by atoms with Crippen LogP contribution in [0.15, 0.2) is 60.9 Å². The van der Waals surface area contributed by atoms with Crippen LogP contribution in [0.4, 0.5) is 10.3 Å². The molecule has 0 bridgehead atoms. The highest BCUT2D eigenvalue weighted by atomic mass is 19.1. The SMILES string of the molecule is CC(C)[C@H]1CN(Cc2cccc(CC(=O)O)c2)CCN1c1ncc(-c2cccc(F)c2)cn1. The van der Waals surface area contributed by atoms with Crippen molar-refractivity contribution >= 4 is 11.9 Å². The molecule has 1 aromatic heterocycles. The van der Waals surface area contributed by atoms with E-state index in [-0.39, 0.29) is 18.3 Å². The Balaban J connectivity index is 1.46. The monoisotopic (exact) mass is 448 g/mol. The highest BCUT2D eigenvalue weighted by Crippen LogP contribution is 2.25. The number of piperazine rings is 1. The number of benzene rings is 2. The van der Waals surface area contributed by atoms with Gasteiger partial charge in [-0.15, -0.1) is 0 Å². The summed E-state index contributed by atoms with van der Waals surface area (Å²) < 4.78 is 13.6. The minimum atomic E-state index is -0.816. The molecule has 3 aromatic rings. The third-order valence-corrected chi connectivity index (χ3v) is 6.08. The molecule has 1 atom stereocenters. The van der Waals surface area contributed by atoms with E-state index < -0.39 is 5.97 Å². The highest BCUT2D eigenvalue weighted by Gasteiger charge is 2.31. The van der Waals surface area contributed by atoms with E-state index in [4.69, 9.17) is 5.11 Å². The first-order valence-corrected chi connectivity index (χ1v) is 11.3. The van der Waals surface area contributed by atoms with Gasteiger partial charge in [0.1, 0.15) is 5.82 Å². The first-order chi connectivity index (χ1) is 15.9. The fourth-order valence-corrected chi connectivity index (χ4v) is 4.39. The Bertz CT molecular complexity index is 1100. The van der Waals surface area contributed by atoms with Gasteiger partial charge in [0, 0.05) is 50.2 Å². The molecular weight excluding hydrogens is 419 g/mol. The van der Waals surface area contributed by atoms with Crippen molar-refractivity contribution in [3.8, 4) is 11.1 Å². The van der Waals surface area contributed by atoms with Crippen molar-refractivity contribution in [3.63, 3.8) is 0 Å². The molecule has 0 radical (unpaired) electrons. The summed E-state index contributed by atoms with van der Waals surface area (Å²) in [4.78, 5) is 24.9. The van der Waals surface area contributed by atoms with Gasteiger partial charge in [0.2, 0.25) is 5.95 Å². The average Bonchev–Trinajstić information content (AvgIpc) is 2.79. The molecule has 0 unspecified atom stereocenters. The van der Waals surface area contributed by atoms with Crippen LogP contribution in [0.5, 0.6) is 0 Å². The van der Waals surface area contributed by atoms with Gasteiger partial charge in [-0.2, -0.15) is 0 Å². The number of carboxylic acid groups (broad SMARTS) is 1. The number of hydrogen-bond donors (Lipinski definition) is 1. The van der Waals surface area contributed by atoms with Crippen molar-refractivity contribution in [2.75, 3.05) is 24.5 Å². The van der Waals surface area contributed by atoms with Crippen molar-refractivity contribution < 1.29 is 14.3 Å². The molecule has 172 valence electrons. The normalized spacial score (nSPS) is 16.8. The molecule has 1 fully saturated rings. The summed E-state index contributed by atoms with van der Waals surface area (Å²) in [5.41, 5.74) is 3.50. The van der Waals surface area contributed by atoms with Crippen LogP contribution in [-0.2, 0) is 17.8 Å². The van der Waals surface area contributed by atoms with Gasteiger partial charge in [0.05, 0.1) is 6.42 Å². The van der Waals surface area contributed by atoms with Gasteiger partial charge in [-0.1, -0.05) is 50.2 Å². The summed E-state index contributed by atoms with van der Waals surface area (Å²) in [6.45, 7) is 7.73. The molecule has 1 N–H and O–H groups in total. The van der Waals surface area contributed by atoms with Crippen LogP contribution in [0.1, 0.15) is 25.0 Å². The van der Waals surface area contributed by atoms with Crippen molar-refractivity contribution in [3.05, 3.63) is 77.9 Å². The quantitative estimate of drug-likeness (QED) is 0.583. The minimum absolute atomic E-state index is 0.0409. The Morgan fingerprint density at radius 3 is 2.48 bits per heavy atom. The topological polar surface area (TPSA) is 69.6 Å². The fourth-order valence-electron chi connectivity index (χ4n) is 4.39. The molecule has 0 aliphatic carbocycles. The largest absolute Gasteiger partial charge is 0.481 e. The maximum atomic E-state index is 13.6. The van der Waals surface area contributed by atoms with Crippen LogP contribution in [0, 0.1) is 11.7 Å². The standard InChI is InChI=1S/C26H29FN4O2/c1-18(2)24-17-30(16-20-6-3-5-19(11-20)12-25(32)33)9-10-31(24)26-28-14-22(15-29-26)21-7-4-8-23(27)13-21/h3-8,11,13-15,18,24H,9-10,12,16-17H2,1-2H3,(H,32,33)/t24-/m1/s1. The van der Waals surface area contributed by atoms with Gasteiger partial charge in [0.25, 0.3) is 0 Å². The fraction of sp³-hybridized carbons (Fsp3) is 0.346. The minimum Gasteiger partial charge on any atom is -0.481 e. The van der Waals surface area contributed by atoms with Crippen LogP contribution in [0.2, 0.25) is 0 Å². The Morgan fingerprint density at radius 1 is 1.06 bits per heavy atom. The Hall–Kier alpha value is -3.32. The molecule has 1 saturated heterocycles. The summed E-state index contributed by atoms with van der Waals surface area (Å²) in [6.07, 6.45) is 3.56. The second-order valence-corrected chi connectivity index (χ2v) is 8.91. The molecule has 0 amide bonds. The van der Waals surface area contributed by atoms with Gasteiger partial charge >= 0.3 is 5.97 Å². The van der Waals surface area contributed by atoms with E-state index >= 15 is 0 Å². The van der Waals surface area contributed by atoms with Crippen LogP contribution in [-0.4, -0.2) is 51.6 Å². The van der Waals surface area contributed by atoms with Gasteiger partial charge in [-0.05, 0) is 34.7 Å². The van der Waals surface area contributed by atoms with E-state index in [1.807, 2.05) is 24.3 Å². The van der Waals surface area contributed by atoms with Crippen LogP contribution < -0.4 is 4.90 Å². The Kier molecular flexibility index (Phi) is 6.99. The van der Waals surface area contributed by atoms with Crippen LogP contribution >= 0.6 is 0 Å². The molecule has 2 heterocycles. The summed E-state index contributed by atoms with van der Waals surface area (Å²) >= 11 is 0. The lowest BCUT2D eigenvalue weighted by molar-refractivity contribution is -0.136. The zero-order chi connectivity index (χ0) is 23.4. The molecule has 0 saturated carbocycles. The van der Waals surface area contributed by atoms with E-state index in [0.717, 1.165) is 48.4 Å². The van der Waals surface area contributed by atoms with Crippen molar-refractivity contribution in [1.29, 1.82) is 0 Å². The molecule has 4 rings (SSSR count). The number of carbonyl (C=O) groups is 1. The van der Waals surface area contributed by atoms with Gasteiger partial charge in [-0.25, -0.2) is 14.4 Å². The number of aromatic nitrogens is 2. The molecule has 2 aromatic carbocycles. The van der Waals surface area contributed by atoms with Crippen LogP contribution in [0.3, 0.4) is 0 Å². The summed E-state index contributed by atoms with van der Waals surface area (Å²) in [5.74, 6) is -0.000259. The second-order valence-electron chi connectivity index (χ2n) is 8.91. The number of nitrogens with zero attached hydrogens (tertiary/aromatic N) is 4. The summed E-state index contributed by atoms with van der Waals surface area (Å²) in [7, 11) is 0. The lowest BCUT2D eigenvalue weighted by Crippen LogP contribution is -2.55. The zero-order valence-corrected chi connectivity index (χ0v) is 19.0. The van der Waals surface area contributed by atoms with E-state index in [0.29, 0.717) is 11.9 Å². The smallest absolute Gasteiger partial charge is 0.307 e.